The molecule has 0 saturated carbocycles. The predicted octanol–water partition coefficient (Wildman–Crippen LogP) is 0.497. The molecule has 0 N–H and O–H groups in total. The summed E-state index contributed by atoms with van der Waals surface area (Å²) in [7, 11) is 2.75. The molecule has 0 aromatic heterocycles. The van der Waals surface area contributed by atoms with Gasteiger partial charge in [0.1, 0.15) is 0 Å². The minimum atomic E-state index is 0.621. The van der Waals surface area contributed by atoms with Gasteiger partial charge in [0.15, 0.2) is 0 Å². The number of hydrogen-bond acceptors (Lipinski definition) is 2. The topological polar surface area (TPSA) is 15.8 Å². The summed E-state index contributed by atoms with van der Waals surface area (Å²) in [6.45, 7) is 3.47. The Labute approximate surface area is 57.8 Å². The van der Waals surface area contributed by atoms with Crippen LogP contribution in [0.1, 0.15) is 6.42 Å². The van der Waals surface area contributed by atoms with Crippen LogP contribution in [-0.4, -0.2) is 30.5 Å². The van der Waals surface area contributed by atoms with Gasteiger partial charge >= 0.3 is 0 Å². The number of nitrogens with zero attached hydrogens (tertiary/aromatic N) is 1. The number of hydrogen-bond donors (Lipinski definition) is 0. The Bertz CT molecular complexity index is 116. The molecule has 2 nitrogen and oxygen atoms in total. The Balaban J connectivity index is 1.86. The van der Waals surface area contributed by atoms with E-state index in [0.29, 0.717) is 6.10 Å². The van der Waals surface area contributed by atoms with Gasteiger partial charge in [-0.05, 0) is 6.42 Å². The van der Waals surface area contributed by atoms with Crippen LogP contribution in [0.15, 0.2) is 0 Å². The van der Waals surface area contributed by atoms with Crippen LogP contribution >= 0.6 is 9.39 Å². The third kappa shape index (κ3) is 1.26. The lowest BCUT2D eigenvalue weighted by molar-refractivity contribution is 0.335. The first-order chi connectivity index (χ1) is 4.36. The molecule has 9 heavy (non-hydrogen) atoms. The molecule has 52 valence electrons. The molecule has 0 bridgehead atoms. The van der Waals surface area contributed by atoms with Crippen molar-refractivity contribution in [1.29, 1.82) is 0 Å². The molecular weight excluding hydrogens is 133 g/mol. The van der Waals surface area contributed by atoms with E-state index in [0.717, 1.165) is 12.5 Å². The highest BCUT2D eigenvalue weighted by atomic mass is 31.0. The Morgan fingerprint density at radius 3 is 2.78 bits per heavy atom. The first kappa shape index (κ1) is 6.09. The van der Waals surface area contributed by atoms with Crippen LogP contribution in [0, 0.1) is 5.92 Å². The van der Waals surface area contributed by atoms with Crippen molar-refractivity contribution in [2.24, 2.45) is 5.92 Å². The van der Waals surface area contributed by atoms with E-state index in [1.807, 2.05) is 0 Å². The van der Waals surface area contributed by atoms with Crippen molar-refractivity contribution in [1.82, 2.24) is 4.67 Å². The molecule has 2 heterocycles. The summed E-state index contributed by atoms with van der Waals surface area (Å²) in [4.78, 5) is 0. The molecule has 2 rings (SSSR count). The highest BCUT2D eigenvalue weighted by molar-refractivity contribution is 7.13. The van der Waals surface area contributed by atoms with Crippen LogP contribution in [0.4, 0.5) is 0 Å². The summed E-state index contributed by atoms with van der Waals surface area (Å²) in [5, 5.41) is 0. The second kappa shape index (κ2) is 2.19. The molecule has 2 aliphatic heterocycles. The van der Waals surface area contributed by atoms with E-state index < -0.39 is 0 Å². The van der Waals surface area contributed by atoms with Gasteiger partial charge in [0.2, 0.25) is 0 Å². The maximum atomic E-state index is 5.20. The lowest BCUT2D eigenvalue weighted by Gasteiger charge is -2.05. The third-order valence-electron chi connectivity index (χ3n) is 2.14. The summed E-state index contributed by atoms with van der Waals surface area (Å²) >= 11 is 0. The molecule has 0 aromatic rings. The highest BCUT2D eigenvalue weighted by Crippen LogP contribution is 2.29. The third-order valence-corrected chi connectivity index (χ3v) is 2.61. The monoisotopic (exact) mass is 145 g/mol. The van der Waals surface area contributed by atoms with Gasteiger partial charge in [-0.25, -0.2) is 0 Å². The van der Waals surface area contributed by atoms with E-state index in [1.54, 1.807) is 0 Å². The first-order valence-corrected chi connectivity index (χ1v) is 3.99. The molecule has 3 atom stereocenters. The van der Waals surface area contributed by atoms with E-state index in [1.165, 1.54) is 19.5 Å². The standard InChI is InChI=1S/C6H12NOP/c9-7-2-1-5(3-7)6-4-8-6/h5-6H,1-4,9H2/t5-,6-/m0/s1. The van der Waals surface area contributed by atoms with E-state index in [9.17, 15) is 0 Å². The summed E-state index contributed by atoms with van der Waals surface area (Å²) in [5.41, 5.74) is 0. The number of ether oxygens (including phenoxy) is 1. The smallest absolute Gasteiger partial charge is 0.0850 e. The lowest BCUT2D eigenvalue weighted by atomic mass is 10.1. The first-order valence-electron chi connectivity index (χ1n) is 3.47. The maximum Gasteiger partial charge on any atom is 0.0850 e. The van der Waals surface area contributed by atoms with Gasteiger partial charge in [0, 0.05) is 19.0 Å². The van der Waals surface area contributed by atoms with E-state index in [2.05, 4.69) is 14.1 Å². The molecule has 2 fully saturated rings. The fourth-order valence-electron chi connectivity index (χ4n) is 1.45. The van der Waals surface area contributed by atoms with Crippen LogP contribution in [0.3, 0.4) is 0 Å². The molecule has 3 heteroatoms. The molecule has 0 amide bonds. The number of rotatable bonds is 1. The second-order valence-electron chi connectivity index (χ2n) is 2.92. The quantitative estimate of drug-likeness (QED) is 0.394. The van der Waals surface area contributed by atoms with Crippen molar-refractivity contribution in [2.75, 3.05) is 19.7 Å². The Hall–Kier alpha value is 0.350. The zero-order valence-corrected chi connectivity index (χ0v) is 6.57. The summed E-state index contributed by atoms with van der Waals surface area (Å²) in [6.07, 6.45) is 1.95. The average Bonchev–Trinajstić information content (AvgIpc) is 2.58. The Kier molecular flexibility index (Phi) is 1.48. The van der Waals surface area contributed by atoms with Crippen molar-refractivity contribution in [3.05, 3.63) is 0 Å². The fraction of sp³-hybridized carbons (Fsp3) is 1.00. The van der Waals surface area contributed by atoms with E-state index in [4.69, 9.17) is 4.74 Å². The minimum Gasteiger partial charge on any atom is -0.373 e. The highest BCUT2D eigenvalue weighted by Gasteiger charge is 2.36. The summed E-state index contributed by atoms with van der Waals surface area (Å²) < 4.78 is 7.50. The minimum absolute atomic E-state index is 0.621. The van der Waals surface area contributed by atoms with Crippen molar-refractivity contribution in [3.63, 3.8) is 0 Å². The SMILES string of the molecule is PN1CC[C@H]([C@@H]2CO2)C1. The van der Waals surface area contributed by atoms with Crippen LogP contribution < -0.4 is 0 Å². The zero-order valence-electron chi connectivity index (χ0n) is 5.42. The van der Waals surface area contributed by atoms with Crippen molar-refractivity contribution < 1.29 is 4.74 Å². The van der Waals surface area contributed by atoms with Crippen molar-refractivity contribution >= 4 is 9.39 Å². The van der Waals surface area contributed by atoms with E-state index >= 15 is 0 Å². The van der Waals surface area contributed by atoms with Crippen molar-refractivity contribution in [2.45, 2.75) is 12.5 Å². The van der Waals surface area contributed by atoms with Crippen LogP contribution in [0.5, 0.6) is 0 Å². The second-order valence-corrected chi connectivity index (χ2v) is 3.65. The largest absolute Gasteiger partial charge is 0.373 e. The van der Waals surface area contributed by atoms with Gasteiger partial charge in [-0.15, -0.1) is 0 Å². The fourth-order valence-corrected chi connectivity index (χ4v) is 1.87. The molecular formula is C6H12NOP. The maximum absolute atomic E-state index is 5.20. The molecule has 0 aromatic carbocycles. The van der Waals surface area contributed by atoms with Gasteiger partial charge < -0.3 is 4.74 Å². The summed E-state index contributed by atoms with van der Waals surface area (Å²) in [6, 6.07) is 0. The van der Waals surface area contributed by atoms with Crippen LogP contribution in [-0.2, 0) is 4.74 Å². The van der Waals surface area contributed by atoms with Crippen LogP contribution in [0.2, 0.25) is 0 Å². The molecule has 1 unspecified atom stereocenters. The van der Waals surface area contributed by atoms with Crippen molar-refractivity contribution in [3.8, 4) is 0 Å². The Morgan fingerprint density at radius 1 is 1.56 bits per heavy atom. The lowest BCUT2D eigenvalue weighted by Crippen LogP contribution is -2.11. The number of epoxide rings is 1. The average molecular weight is 145 g/mol. The van der Waals surface area contributed by atoms with Gasteiger partial charge in [0.25, 0.3) is 0 Å². The molecule has 0 aliphatic carbocycles. The molecule has 2 aliphatic rings. The van der Waals surface area contributed by atoms with Crippen LogP contribution in [0.25, 0.3) is 0 Å². The van der Waals surface area contributed by atoms with Gasteiger partial charge in [-0.1, -0.05) is 9.39 Å². The normalized spacial score (nSPS) is 43.7. The van der Waals surface area contributed by atoms with E-state index in [-0.39, 0.29) is 0 Å². The molecule has 2 saturated heterocycles. The zero-order chi connectivity index (χ0) is 6.27. The molecule has 0 radical (unpaired) electrons. The Morgan fingerprint density at radius 2 is 2.33 bits per heavy atom. The molecule has 0 spiro atoms. The van der Waals surface area contributed by atoms with Gasteiger partial charge in [-0.2, -0.15) is 0 Å². The van der Waals surface area contributed by atoms with Gasteiger partial charge in [-0.3, -0.25) is 4.67 Å². The van der Waals surface area contributed by atoms with Gasteiger partial charge in [0.05, 0.1) is 12.7 Å². The predicted molar refractivity (Wildman–Crippen MR) is 39.1 cm³/mol. The summed E-state index contributed by atoms with van der Waals surface area (Å²) in [5.74, 6) is 0.836.